The van der Waals surface area contributed by atoms with E-state index in [2.05, 4.69) is 17.6 Å². The third kappa shape index (κ3) is 2.32. The van der Waals surface area contributed by atoms with Gasteiger partial charge in [0.1, 0.15) is 0 Å². The quantitative estimate of drug-likeness (QED) is 0.830. The van der Waals surface area contributed by atoms with Crippen LogP contribution in [0, 0.1) is 0 Å². The van der Waals surface area contributed by atoms with Crippen molar-refractivity contribution in [1.82, 2.24) is 15.2 Å². The van der Waals surface area contributed by atoms with Crippen molar-refractivity contribution in [3.05, 3.63) is 34.3 Å². The van der Waals surface area contributed by atoms with Gasteiger partial charge in [-0.15, -0.1) is 0 Å². The number of fused-ring (bicyclic) bond motifs is 1. The molecule has 2 N–H and O–H groups in total. The third-order valence-electron chi connectivity index (χ3n) is 3.16. The Morgan fingerprint density at radius 3 is 2.89 bits per heavy atom. The summed E-state index contributed by atoms with van der Waals surface area (Å²) in [6, 6.07) is 6.06. The van der Waals surface area contributed by atoms with Crippen molar-refractivity contribution in [1.29, 1.82) is 0 Å². The summed E-state index contributed by atoms with van der Waals surface area (Å²) >= 11 is 0. The van der Waals surface area contributed by atoms with Crippen LogP contribution in [0.1, 0.15) is 18.5 Å². The standard InChI is InChI=1S/C13H19N3O2/c1-4-15-8-10(14-2)9-5-6-12-11(7-9)16(3)13(17)18-12/h5-7,10,14-15H,4,8H2,1-3H3. The Bertz CT molecular complexity index is 585. The molecule has 0 aliphatic rings. The highest BCUT2D eigenvalue weighted by Crippen LogP contribution is 2.19. The molecule has 0 bridgehead atoms. The van der Waals surface area contributed by atoms with Crippen LogP contribution in [0.5, 0.6) is 0 Å². The van der Waals surface area contributed by atoms with Gasteiger partial charge in [-0.1, -0.05) is 13.0 Å². The van der Waals surface area contributed by atoms with Gasteiger partial charge >= 0.3 is 5.76 Å². The largest absolute Gasteiger partial charge is 0.419 e. The number of oxazole rings is 1. The minimum absolute atomic E-state index is 0.222. The normalized spacial score (nSPS) is 13.1. The summed E-state index contributed by atoms with van der Waals surface area (Å²) in [5.74, 6) is -0.324. The molecule has 5 nitrogen and oxygen atoms in total. The molecule has 0 fully saturated rings. The molecule has 0 saturated heterocycles. The fourth-order valence-corrected chi connectivity index (χ4v) is 2.04. The van der Waals surface area contributed by atoms with Gasteiger partial charge in [0.05, 0.1) is 5.52 Å². The topological polar surface area (TPSA) is 59.2 Å². The monoisotopic (exact) mass is 249 g/mol. The number of nitrogens with zero attached hydrogens (tertiary/aromatic N) is 1. The molecule has 2 aromatic rings. The second kappa shape index (κ2) is 5.37. The first-order chi connectivity index (χ1) is 8.67. The molecule has 0 aliphatic heterocycles. The molecule has 0 saturated carbocycles. The van der Waals surface area contributed by atoms with E-state index in [1.807, 2.05) is 25.2 Å². The van der Waals surface area contributed by atoms with Crippen LogP contribution < -0.4 is 16.4 Å². The average molecular weight is 249 g/mol. The molecule has 0 radical (unpaired) electrons. The molecular formula is C13H19N3O2. The lowest BCUT2D eigenvalue weighted by atomic mass is 10.1. The molecule has 1 heterocycles. The lowest BCUT2D eigenvalue weighted by Crippen LogP contribution is -2.29. The molecule has 0 aliphatic carbocycles. The van der Waals surface area contributed by atoms with Crippen LogP contribution in [0.2, 0.25) is 0 Å². The Hall–Kier alpha value is -1.59. The molecule has 18 heavy (non-hydrogen) atoms. The number of hydrogen-bond acceptors (Lipinski definition) is 4. The first-order valence-electron chi connectivity index (χ1n) is 6.14. The molecule has 98 valence electrons. The van der Waals surface area contributed by atoms with Crippen LogP contribution >= 0.6 is 0 Å². The van der Waals surface area contributed by atoms with E-state index in [0.717, 1.165) is 24.2 Å². The Kier molecular flexibility index (Phi) is 3.84. The van der Waals surface area contributed by atoms with E-state index in [1.54, 1.807) is 7.05 Å². The van der Waals surface area contributed by atoms with Crippen molar-refractivity contribution in [2.24, 2.45) is 7.05 Å². The summed E-state index contributed by atoms with van der Waals surface area (Å²) in [4.78, 5) is 11.4. The first-order valence-corrected chi connectivity index (χ1v) is 6.14. The Balaban J connectivity index is 2.38. The minimum atomic E-state index is -0.324. The maximum atomic E-state index is 11.4. The predicted octanol–water partition coefficient (Wildman–Crippen LogP) is 1.00. The minimum Gasteiger partial charge on any atom is -0.408 e. The van der Waals surface area contributed by atoms with Crippen LogP contribution in [0.15, 0.2) is 27.4 Å². The van der Waals surface area contributed by atoms with E-state index in [9.17, 15) is 4.79 Å². The number of aromatic nitrogens is 1. The molecular weight excluding hydrogens is 230 g/mol. The van der Waals surface area contributed by atoms with Gasteiger partial charge in [0.15, 0.2) is 5.58 Å². The second-order valence-electron chi connectivity index (χ2n) is 4.30. The zero-order valence-electron chi connectivity index (χ0n) is 11.0. The maximum Gasteiger partial charge on any atom is 0.419 e. The van der Waals surface area contributed by atoms with Gasteiger partial charge in [0, 0.05) is 19.6 Å². The summed E-state index contributed by atoms with van der Waals surface area (Å²) in [5.41, 5.74) is 2.60. The summed E-state index contributed by atoms with van der Waals surface area (Å²) < 4.78 is 6.65. The van der Waals surface area contributed by atoms with Crippen LogP contribution in [-0.2, 0) is 7.05 Å². The molecule has 1 unspecified atom stereocenters. The molecule has 1 aromatic heterocycles. The summed E-state index contributed by atoms with van der Waals surface area (Å²) in [6.07, 6.45) is 0. The highest BCUT2D eigenvalue weighted by atomic mass is 16.4. The number of aryl methyl sites for hydroxylation is 1. The lowest BCUT2D eigenvalue weighted by Gasteiger charge is -2.16. The van der Waals surface area contributed by atoms with Gasteiger partial charge in [0.25, 0.3) is 0 Å². The van der Waals surface area contributed by atoms with Gasteiger partial charge in [-0.2, -0.15) is 0 Å². The highest BCUT2D eigenvalue weighted by molar-refractivity contribution is 5.73. The van der Waals surface area contributed by atoms with Crippen molar-refractivity contribution in [3.63, 3.8) is 0 Å². The third-order valence-corrected chi connectivity index (χ3v) is 3.16. The van der Waals surface area contributed by atoms with Crippen molar-refractivity contribution >= 4 is 11.1 Å². The second-order valence-corrected chi connectivity index (χ2v) is 4.30. The molecule has 1 aromatic carbocycles. The van der Waals surface area contributed by atoms with Gasteiger partial charge in [0.2, 0.25) is 0 Å². The Morgan fingerprint density at radius 2 is 2.22 bits per heavy atom. The molecule has 0 amide bonds. The van der Waals surface area contributed by atoms with Gasteiger partial charge < -0.3 is 15.1 Å². The average Bonchev–Trinajstić information content (AvgIpc) is 2.66. The molecule has 5 heteroatoms. The SMILES string of the molecule is CCNCC(NC)c1ccc2oc(=O)n(C)c2c1. The number of likely N-dealkylation sites (N-methyl/N-ethyl adjacent to an activating group) is 2. The fourth-order valence-electron chi connectivity index (χ4n) is 2.04. The summed E-state index contributed by atoms with van der Waals surface area (Å²) in [7, 11) is 3.65. The van der Waals surface area contributed by atoms with Crippen LogP contribution in [0.4, 0.5) is 0 Å². The zero-order valence-corrected chi connectivity index (χ0v) is 11.0. The van der Waals surface area contributed by atoms with E-state index in [1.165, 1.54) is 4.57 Å². The number of nitrogens with one attached hydrogen (secondary N) is 2. The van der Waals surface area contributed by atoms with E-state index in [-0.39, 0.29) is 11.8 Å². The highest BCUT2D eigenvalue weighted by Gasteiger charge is 2.12. The summed E-state index contributed by atoms with van der Waals surface area (Å²) in [5, 5.41) is 6.57. The van der Waals surface area contributed by atoms with Crippen LogP contribution in [0.25, 0.3) is 11.1 Å². The van der Waals surface area contributed by atoms with E-state index in [4.69, 9.17) is 4.42 Å². The number of benzene rings is 1. The van der Waals surface area contributed by atoms with Crippen molar-refractivity contribution < 1.29 is 4.42 Å². The molecule has 0 spiro atoms. The lowest BCUT2D eigenvalue weighted by molar-refractivity contribution is 0.527. The van der Waals surface area contributed by atoms with Crippen molar-refractivity contribution in [2.45, 2.75) is 13.0 Å². The maximum absolute atomic E-state index is 11.4. The van der Waals surface area contributed by atoms with Gasteiger partial charge in [-0.05, 0) is 31.3 Å². The fraction of sp³-hybridized carbons (Fsp3) is 0.462. The summed E-state index contributed by atoms with van der Waals surface area (Å²) in [6.45, 7) is 3.87. The van der Waals surface area contributed by atoms with Gasteiger partial charge in [-0.3, -0.25) is 4.57 Å². The van der Waals surface area contributed by atoms with E-state index >= 15 is 0 Å². The number of hydrogen-bond donors (Lipinski definition) is 2. The van der Waals surface area contributed by atoms with Crippen molar-refractivity contribution in [3.8, 4) is 0 Å². The first kappa shape index (κ1) is 12.9. The zero-order chi connectivity index (χ0) is 13.1. The van der Waals surface area contributed by atoms with E-state index < -0.39 is 0 Å². The van der Waals surface area contributed by atoms with Crippen LogP contribution in [0.3, 0.4) is 0 Å². The van der Waals surface area contributed by atoms with Crippen molar-refractivity contribution in [2.75, 3.05) is 20.1 Å². The number of rotatable bonds is 5. The predicted molar refractivity (Wildman–Crippen MR) is 71.8 cm³/mol. The Labute approximate surface area is 106 Å². The smallest absolute Gasteiger partial charge is 0.408 e. The van der Waals surface area contributed by atoms with Crippen LogP contribution in [-0.4, -0.2) is 24.7 Å². The Morgan fingerprint density at radius 1 is 1.44 bits per heavy atom. The van der Waals surface area contributed by atoms with E-state index in [0.29, 0.717) is 5.58 Å². The van der Waals surface area contributed by atoms with Gasteiger partial charge in [-0.25, -0.2) is 4.79 Å². The molecule has 1 atom stereocenters. The molecule has 2 rings (SSSR count).